The number of hydrogen-bond acceptors (Lipinski definition) is 7. The van der Waals surface area contributed by atoms with Gasteiger partial charge in [-0.25, -0.2) is 4.98 Å². The highest BCUT2D eigenvalue weighted by Gasteiger charge is 2.18. The number of anilines is 1. The number of aromatic nitrogens is 1. The highest BCUT2D eigenvalue weighted by Crippen LogP contribution is 2.28. The van der Waals surface area contributed by atoms with Crippen LogP contribution in [0.15, 0.2) is 72.8 Å². The molecule has 0 saturated heterocycles. The second-order valence-electron chi connectivity index (χ2n) is 7.76. The SMILES string of the molecule is COc1ccccc1NC(=S)NC(=O)c1cc(-c2ccc([N+](=O)[O-])cc2)nc2ccc(C(C)=O)cc12. The third-order valence-electron chi connectivity index (χ3n) is 5.42. The molecule has 0 radical (unpaired) electrons. The predicted octanol–water partition coefficient (Wildman–Crippen LogP) is 5.15. The second-order valence-corrected chi connectivity index (χ2v) is 8.16. The quantitative estimate of drug-likeness (QED) is 0.161. The number of amides is 1. The van der Waals surface area contributed by atoms with Crippen LogP contribution in [0, 0.1) is 10.1 Å². The highest BCUT2D eigenvalue weighted by atomic mass is 32.1. The smallest absolute Gasteiger partial charge is 0.269 e. The van der Waals surface area contributed by atoms with E-state index in [-0.39, 0.29) is 22.1 Å². The maximum atomic E-state index is 13.4. The van der Waals surface area contributed by atoms with Crippen LogP contribution in [0.4, 0.5) is 11.4 Å². The molecule has 36 heavy (non-hydrogen) atoms. The molecule has 0 fully saturated rings. The first-order valence-electron chi connectivity index (χ1n) is 10.7. The summed E-state index contributed by atoms with van der Waals surface area (Å²) in [6.07, 6.45) is 0. The van der Waals surface area contributed by atoms with E-state index in [0.29, 0.717) is 39.2 Å². The fraction of sp³-hybridized carbons (Fsp3) is 0.0769. The number of ketones is 1. The summed E-state index contributed by atoms with van der Waals surface area (Å²) in [5, 5.41) is 17.1. The van der Waals surface area contributed by atoms with E-state index >= 15 is 0 Å². The number of thiocarbonyl (C=S) groups is 1. The number of carbonyl (C=O) groups excluding carboxylic acids is 2. The molecule has 4 rings (SSSR count). The maximum absolute atomic E-state index is 13.4. The predicted molar refractivity (Wildman–Crippen MR) is 141 cm³/mol. The van der Waals surface area contributed by atoms with Crippen molar-refractivity contribution in [3.8, 4) is 17.0 Å². The van der Waals surface area contributed by atoms with Crippen molar-refractivity contribution >= 4 is 51.3 Å². The number of nitrogens with zero attached hydrogens (tertiary/aromatic N) is 2. The number of ether oxygens (including phenoxy) is 1. The van der Waals surface area contributed by atoms with Crippen molar-refractivity contribution in [1.82, 2.24) is 10.3 Å². The lowest BCUT2D eigenvalue weighted by molar-refractivity contribution is -0.384. The number of nitrogens with one attached hydrogen (secondary N) is 2. The molecular weight excluding hydrogens is 480 g/mol. The molecule has 0 saturated carbocycles. The number of non-ortho nitro benzene ring substituents is 1. The number of carbonyl (C=O) groups is 2. The Bertz CT molecular complexity index is 1520. The molecule has 0 spiro atoms. The number of para-hydroxylation sites is 2. The van der Waals surface area contributed by atoms with E-state index in [1.807, 2.05) is 0 Å². The monoisotopic (exact) mass is 500 g/mol. The zero-order chi connectivity index (χ0) is 25.8. The van der Waals surface area contributed by atoms with Crippen LogP contribution in [0.25, 0.3) is 22.2 Å². The average Bonchev–Trinajstić information content (AvgIpc) is 2.87. The zero-order valence-electron chi connectivity index (χ0n) is 19.3. The number of hydrogen-bond donors (Lipinski definition) is 2. The minimum atomic E-state index is -0.515. The van der Waals surface area contributed by atoms with Gasteiger partial charge in [-0.15, -0.1) is 0 Å². The Morgan fingerprint density at radius 1 is 1.03 bits per heavy atom. The summed E-state index contributed by atoms with van der Waals surface area (Å²) >= 11 is 5.34. The number of nitro groups is 1. The first-order chi connectivity index (χ1) is 17.3. The Balaban J connectivity index is 1.73. The van der Waals surface area contributed by atoms with Gasteiger partial charge in [0, 0.05) is 28.6 Å². The van der Waals surface area contributed by atoms with E-state index in [4.69, 9.17) is 17.0 Å². The number of Topliss-reactive ketones (excluding diaryl/α,β-unsaturated/α-hetero) is 1. The molecule has 2 N–H and O–H groups in total. The van der Waals surface area contributed by atoms with Gasteiger partial charge in [-0.05, 0) is 67.7 Å². The van der Waals surface area contributed by atoms with Gasteiger partial charge in [-0.3, -0.25) is 25.0 Å². The van der Waals surface area contributed by atoms with Crippen LogP contribution in [0.1, 0.15) is 27.6 Å². The molecule has 0 atom stereocenters. The van der Waals surface area contributed by atoms with Crippen molar-refractivity contribution in [2.24, 2.45) is 0 Å². The zero-order valence-corrected chi connectivity index (χ0v) is 20.1. The van der Waals surface area contributed by atoms with Gasteiger partial charge in [0.1, 0.15) is 5.75 Å². The second kappa shape index (κ2) is 10.3. The Morgan fingerprint density at radius 2 is 1.75 bits per heavy atom. The molecule has 10 heteroatoms. The van der Waals surface area contributed by atoms with Crippen LogP contribution in [-0.4, -0.2) is 33.8 Å². The van der Waals surface area contributed by atoms with Crippen LogP contribution >= 0.6 is 12.2 Å². The standard InChI is InChI=1S/C26H20N4O5S/c1-15(31)17-9-12-21-19(13-17)20(14-23(27-21)16-7-10-18(11-8-16)30(33)34)25(32)29-26(36)28-22-5-3-4-6-24(22)35-2/h3-14H,1-2H3,(H2,28,29,32,36). The number of benzene rings is 3. The molecule has 0 aliphatic rings. The van der Waals surface area contributed by atoms with Crippen molar-refractivity contribution in [1.29, 1.82) is 0 Å². The Kier molecular flexibility index (Phi) is 6.98. The molecule has 3 aromatic carbocycles. The lowest BCUT2D eigenvalue weighted by atomic mass is 10.0. The molecule has 9 nitrogen and oxygen atoms in total. The van der Waals surface area contributed by atoms with Crippen LogP contribution in [0.5, 0.6) is 5.75 Å². The molecule has 0 bridgehead atoms. The Morgan fingerprint density at radius 3 is 2.42 bits per heavy atom. The van der Waals surface area contributed by atoms with Gasteiger partial charge in [0.15, 0.2) is 10.9 Å². The minimum Gasteiger partial charge on any atom is -0.495 e. The van der Waals surface area contributed by atoms with E-state index in [1.54, 1.807) is 60.7 Å². The first kappa shape index (κ1) is 24.4. The minimum absolute atomic E-state index is 0.0501. The fourth-order valence-electron chi connectivity index (χ4n) is 3.61. The summed E-state index contributed by atoms with van der Waals surface area (Å²) in [6.45, 7) is 1.44. The number of fused-ring (bicyclic) bond motifs is 1. The van der Waals surface area contributed by atoms with Gasteiger partial charge in [0.2, 0.25) is 0 Å². The fourth-order valence-corrected chi connectivity index (χ4v) is 3.81. The topological polar surface area (TPSA) is 123 Å². The molecule has 0 aliphatic heterocycles. The summed E-state index contributed by atoms with van der Waals surface area (Å²) in [4.78, 5) is 40.4. The number of nitro benzene ring substituents is 1. The summed E-state index contributed by atoms with van der Waals surface area (Å²) in [5.74, 6) is -0.121. The van der Waals surface area contributed by atoms with Crippen molar-refractivity contribution in [2.45, 2.75) is 6.92 Å². The van der Waals surface area contributed by atoms with Gasteiger partial charge in [0.25, 0.3) is 11.6 Å². The Labute approximate surface area is 211 Å². The maximum Gasteiger partial charge on any atom is 0.269 e. The summed E-state index contributed by atoms with van der Waals surface area (Å²) in [7, 11) is 1.53. The van der Waals surface area contributed by atoms with E-state index in [1.165, 1.54) is 26.2 Å². The number of methoxy groups -OCH3 is 1. The number of rotatable bonds is 6. The van der Waals surface area contributed by atoms with E-state index in [9.17, 15) is 19.7 Å². The molecule has 0 aliphatic carbocycles. The van der Waals surface area contributed by atoms with E-state index in [0.717, 1.165) is 0 Å². The van der Waals surface area contributed by atoms with Crippen molar-refractivity contribution in [3.05, 3.63) is 94.0 Å². The highest BCUT2D eigenvalue weighted by molar-refractivity contribution is 7.80. The van der Waals surface area contributed by atoms with Crippen LogP contribution in [-0.2, 0) is 0 Å². The van der Waals surface area contributed by atoms with Gasteiger partial charge in [0.05, 0.1) is 34.5 Å². The summed E-state index contributed by atoms with van der Waals surface area (Å²) in [5.41, 5.74) is 2.68. The third-order valence-corrected chi connectivity index (χ3v) is 5.62. The molecule has 180 valence electrons. The normalized spacial score (nSPS) is 10.5. The molecule has 1 aromatic heterocycles. The third kappa shape index (κ3) is 5.18. The van der Waals surface area contributed by atoms with Gasteiger partial charge in [-0.1, -0.05) is 12.1 Å². The van der Waals surface area contributed by atoms with Crippen LogP contribution in [0.3, 0.4) is 0 Å². The molecular formula is C26H20N4O5S. The van der Waals surface area contributed by atoms with Crippen molar-refractivity contribution in [2.75, 3.05) is 12.4 Å². The lowest BCUT2D eigenvalue weighted by Gasteiger charge is -2.14. The molecule has 1 amide bonds. The van der Waals surface area contributed by atoms with E-state index < -0.39 is 10.8 Å². The van der Waals surface area contributed by atoms with Gasteiger partial charge >= 0.3 is 0 Å². The Hall–Kier alpha value is -4.70. The molecule has 4 aromatic rings. The van der Waals surface area contributed by atoms with Crippen LogP contribution < -0.4 is 15.4 Å². The van der Waals surface area contributed by atoms with Crippen LogP contribution in [0.2, 0.25) is 0 Å². The van der Waals surface area contributed by atoms with E-state index in [2.05, 4.69) is 15.6 Å². The number of pyridine rings is 1. The van der Waals surface area contributed by atoms with Crippen molar-refractivity contribution in [3.63, 3.8) is 0 Å². The molecule has 0 unspecified atom stereocenters. The van der Waals surface area contributed by atoms with Crippen molar-refractivity contribution < 1.29 is 19.2 Å². The average molecular weight is 501 g/mol. The summed E-state index contributed by atoms with van der Waals surface area (Å²) < 4.78 is 5.30. The first-order valence-corrected chi connectivity index (χ1v) is 11.1. The largest absolute Gasteiger partial charge is 0.495 e. The molecule has 1 heterocycles. The summed E-state index contributed by atoms with van der Waals surface area (Å²) in [6, 6.07) is 19.4. The van der Waals surface area contributed by atoms with Gasteiger partial charge in [-0.2, -0.15) is 0 Å². The van der Waals surface area contributed by atoms with Gasteiger partial charge < -0.3 is 10.1 Å². The lowest BCUT2D eigenvalue weighted by Crippen LogP contribution is -2.34.